The summed E-state index contributed by atoms with van der Waals surface area (Å²) in [5.41, 5.74) is 0.550. The van der Waals surface area contributed by atoms with Gasteiger partial charge in [-0.3, -0.25) is 0 Å². The molecule has 1 aromatic carbocycles. The first-order valence-corrected chi connectivity index (χ1v) is 8.97. The molecule has 0 radical (unpaired) electrons. The van der Waals surface area contributed by atoms with Crippen molar-refractivity contribution < 1.29 is 14.6 Å². The van der Waals surface area contributed by atoms with E-state index in [1.165, 1.54) is 0 Å². The predicted molar refractivity (Wildman–Crippen MR) is 93.4 cm³/mol. The largest absolute Gasteiger partial charge is 0.490 e. The minimum absolute atomic E-state index is 0.256. The Morgan fingerprint density at radius 2 is 2.00 bits per heavy atom. The van der Waals surface area contributed by atoms with Crippen molar-refractivity contribution in [2.75, 3.05) is 32.8 Å². The quantitative estimate of drug-likeness (QED) is 0.904. The summed E-state index contributed by atoms with van der Waals surface area (Å²) in [6.45, 7) is 4.08. The van der Waals surface area contributed by atoms with Gasteiger partial charge in [-0.15, -0.1) is 0 Å². The molecule has 4 rings (SSSR count). The van der Waals surface area contributed by atoms with Gasteiger partial charge in [-0.2, -0.15) is 0 Å². The first-order valence-electron chi connectivity index (χ1n) is 8.97. The minimum atomic E-state index is -0.567. The van der Waals surface area contributed by atoms with Gasteiger partial charge in [0.1, 0.15) is 11.9 Å². The molecule has 24 heavy (non-hydrogen) atoms. The third kappa shape index (κ3) is 3.43. The molecule has 2 aliphatic heterocycles. The molecule has 2 fully saturated rings. The number of hydrogen-bond donors (Lipinski definition) is 2. The number of β-amino-alcohol motifs (C(OH)–C–C–N with tert-alkyl or cyclic N) is 1. The van der Waals surface area contributed by atoms with Gasteiger partial charge in [-0.1, -0.05) is 6.07 Å². The van der Waals surface area contributed by atoms with E-state index in [4.69, 9.17) is 9.47 Å². The Kier molecular flexibility index (Phi) is 4.48. The van der Waals surface area contributed by atoms with Gasteiger partial charge in [0, 0.05) is 62.8 Å². The standard InChI is InChI=1S/C19H26N2O3/c22-19(7-12-23-13-8-19)14-21-10-5-15(6-11-21)24-18-3-1-2-17-16(18)4-9-20-17/h1-4,9,15,20,22H,5-8,10-14H2. The zero-order valence-electron chi connectivity index (χ0n) is 14.0. The number of likely N-dealkylation sites (tertiary alicyclic amines) is 1. The molecule has 5 nitrogen and oxygen atoms in total. The summed E-state index contributed by atoms with van der Waals surface area (Å²) in [7, 11) is 0. The highest BCUT2D eigenvalue weighted by molar-refractivity contribution is 5.85. The molecule has 2 aromatic rings. The number of H-pyrrole nitrogens is 1. The molecule has 3 heterocycles. The lowest BCUT2D eigenvalue weighted by Gasteiger charge is -2.39. The summed E-state index contributed by atoms with van der Waals surface area (Å²) in [4.78, 5) is 5.60. The van der Waals surface area contributed by atoms with Gasteiger partial charge in [0.15, 0.2) is 0 Å². The molecule has 0 saturated carbocycles. The summed E-state index contributed by atoms with van der Waals surface area (Å²) in [5, 5.41) is 11.8. The fraction of sp³-hybridized carbons (Fsp3) is 0.579. The number of ether oxygens (including phenoxy) is 2. The molecular weight excluding hydrogens is 304 g/mol. The van der Waals surface area contributed by atoms with Crippen molar-refractivity contribution in [2.24, 2.45) is 0 Å². The molecule has 0 amide bonds. The SMILES string of the molecule is OC1(CN2CCC(Oc3cccc4[nH]ccc34)CC2)CCOCC1. The number of benzene rings is 1. The number of piperidine rings is 1. The van der Waals surface area contributed by atoms with Gasteiger partial charge in [0.25, 0.3) is 0 Å². The Morgan fingerprint density at radius 1 is 1.21 bits per heavy atom. The molecule has 0 aliphatic carbocycles. The maximum absolute atomic E-state index is 10.7. The van der Waals surface area contributed by atoms with Crippen molar-refractivity contribution in [1.29, 1.82) is 0 Å². The van der Waals surface area contributed by atoms with E-state index in [2.05, 4.69) is 22.0 Å². The van der Waals surface area contributed by atoms with Gasteiger partial charge in [-0.25, -0.2) is 0 Å². The molecule has 2 saturated heterocycles. The zero-order chi connectivity index (χ0) is 16.4. The fourth-order valence-corrected chi connectivity index (χ4v) is 3.85. The number of aliphatic hydroxyl groups is 1. The average molecular weight is 330 g/mol. The maximum atomic E-state index is 10.7. The van der Waals surface area contributed by atoms with Crippen molar-refractivity contribution in [3.8, 4) is 5.75 Å². The number of nitrogens with zero attached hydrogens (tertiary/aromatic N) is 1. The van der Waals surface area contributed by atoms with Crippen molar-refractivity contribution in [3.63, 3.8) is 0 Å². The van der Waals surface area contributed by atoms with E-state index in [9.17, 15) is 5.11 Å². The Labute approximate surface area is 142 Å². The van der Waals surface area contributed by atoms with Gasteiger partial charge in [0.2, 0.25) is 0 Å². The summed E-state index contributed by atoms with van der Waals surface area (Å²) >= 11 is 0. The van der Waals surface area contributed by atoms with Crippen molar-refractivity contribution >= 4 is 10.9 Å². The van der Waals surface area contributed by atoms with E-state index in [0.29, 0.717) is 13.2 Å². The van der Waals surface area contributed by atoms with E-state index in [0.717, 1.165) is 62.0 Å². The topological polar surface area (TPSA) is 57.7 Å². The van der Waals surface area contributed by atoms with Crippen LogP contribution in [-0.2, 0) is 4.74 Å². The monoisotopic (exact) mass is 330 g/mol. The fourth-order valence-electron chi connectivity index (χ4n) is 3.85. The Bertz CT molecular complexity index is 670. The van der Waals surface area contributed by atoms with Crippen molar-refractivity contribution in [1.82, 2.24) is 9.88 Å². The lowest BCUT2D eigenvalue weighted by Crippen LogP contribution is -2.50. The predicted octanol–water partition coefficient (Wildman–Crippen LogP) is 2.55. The van der Waals surface area contributed by atoms with Crippen LogP contribution in [0.2, 0.25) is 0 Å². The second-order valence-corrected chi connectivity index (χ2v) is 7.13. The van der Waals surface area contributed by atoms with Gasteiger partial charge >= 0.3 is 0 Å². The van der Waals surface area contributed by atoms with Gasteiger partial charge < -0.3 is 24.5 Å². The number of rotatable bonds is 4. The summed E-state index contributed by atoms with van der Waals surface area (Å²) in [5.74, 6) is 0.968. The van der Waals surface area contributed by atoms with E-state index in [-0.39, 0.29) is 6.10 Å². The molecule has 5 heteroatoms. The second kappa shape index (κ2) is 6.75. The van der Waals surface area contributed by atoms with Crippen molar-refractivity contribution in [3.05, 3.63) is 30.5 Å². The van der Waals surface area contributed by atoms with Crippen LogP contribution < -0.4 is 4.74 Å². The number of nitrogens with one attached hydrogen (secondary N) is 1. The maximum Gasteiger partial charge on any atom is 0.129 e. The molecule has 1 aromatic heterocycles. The van der Waals surface area contributed by atoms with Gasteiger partial charge in [-0.05, 0) is 31.0 Å². The second-order valence-electron chi connectivity index (χ2n) is 7.13. The zero-order valence-corrected chi connectivity index (χ0v) is 14.0. The van der Waals surface area contributed by atoms with Gasteiger partial charge in [0.05, 0.1) is 5.60 Å². The minimum Gasteiger partial charge on any atom is -0.490 e. The summed E-state index contributed by atoms with van der Waals surface area (Å²) in [6.07, 6.45) is 5.72. The highest BCUT2D eigenvalue weighted by Crippen LogP contribution is 2.28. The van der Waals surface area contributed by atoms with Crippen molar-refractivity contribution in [2.45, 2.75) is 37.4 Å². The molecule has 2 N–H and O–H groups in total. The number of hydrogen-bond acceptors (Lipinski definition) is 4. The molecule has 130 valence electrons. The van der Waals surface area contributed by atoms with Crippen LogP contribution in [0.4, 0.5) is 0 Å². The first-order chi connectivity index (χ1) is 11.7. The van der Waals surface area contributed by atoms with E-state index >= 15 is 0 Å². The van der Waals surface area contributed by atoms with Crippen LogP contribution in [0.25, 0.3) is 10.9 Å². The smallest absolute Gasteiger partial charge is 0.129 e. The molecule has 2 aliphatic rings. The summed E-state index contributed by atoms with van der Waals surface area (Å²) < 4.78 is 11.6. The normalized spacial score (nSPS) is 22.7. The van der Waals surface area contributed by atoms with Crippen LogP contribution in [0.15, 0.2) is 30.5 Å². The van der Waals surface area contributed by atoms with Crippen LogP contribution in [0.5, 0.6) is 5.75 Å². The van der Waals surface area contributed by atoms with E-state index in [1.807, 2.05) is 18.3 Å². The molecule has 0 unspecified atom stereocenters. The Hall–Kier alpha value is -1.56. The molecule has 0 spiro atoms. The Balaban J connectivity index is 1.32. The number of aromatic amines is 1. The third-order valence-electron chi connectivity index (χ3n) is 5.32. The highest BCUT2D eigenvalue weighted by Gasteiger charge is 2.33. The average Bonchev–Trinajstić information content (AvgIpc) is 3.07. The summed E-state index contributed by atoms with van der Waals surface area (Å²) in [6, 6.07) is 8.22. The lowest BCUT2D eigenvalue weighted by molar-refractivity contribution is -0.0844. The Morgan fingerprint density at radius 3 is 2.79 bits per heavy atom. The lowest BCUT2D eigenvalue weighted by atomic mass is 9.92. The molecule has 0 atom stereocenters. The first kappa shape index (κ1) is 15.9. The number of fused-ring (bicyclic) bond motifs is 1. The molecule has 0 bridgehead atoms. The van der Waals surface area contributed by atoms with Crippen LogP contribution in [0, 0.1) is 0 Å². The number of aromatic nitrogens is 1. The molecular formula is C19H26N2O3. The van der Waals surface area contributed by atoms with Crippen LogP contribution >= 0.6 is 0 Å². The van der Waals surface area contributed by atoms with Crippen LogP contribution in [0.1, 0.15) is 25.7 Å². The van der Waals surface area contributed by atoms with Crippen LogP contribution in [-0.4, -0.2) is 59.5 Å². The van der Waals surface area contributed by atoms with E-state index < -0.39 is 5.60 Å². The van der Waals surface area contributed by atoms with E-state index in [1.54, 1.807) is 0 Å². The van der Waals surface area contributed by atoms with Crippen LogP contribution in [0.3, 0.4) is 0 Å². The highest BCUT2D eigenvalue weighted by atomic mass is 16.5. The third-order valence-corrected chi connectivity index (χ3v) is 5.32.